The average molecular weight is 274 g/mol. The van der Waals surface area contributed by atoms with Crippen LogP contribution in [0.15, 0.2) is 41.1 Å². The zero-order chi connectivity index (χ0) is 13.9. The lowest BCUT2D eigenvalue weighted by atomic mass is 10.1. The number of hydrogen-bond acceptors (Lipinski definition) is 3. The summed E-state index contributed by atoms with van der Waals surface area (Å²) in [6.07, 6.45) is 6.32. The van der Waals surface area contributed by atoms with Gasteiger partial charge >= 0.3 is 0 Å². The van der Waals surface area contributed by atoms with Gasteiger partial charge in [0, 0.05) is 31.5 Å². The van der Waals surface area contributed by atoms with Gasteiger partial charge < -0.3 is 14.1 Å². The molecule has 0 saturated carbocycles. The van der Waals surface area contributed by atoms with Crippen molar-refractivity contribution in [1.29, 1.82) is 0 Å². The minimum absolute atomic E-state index is 0.435. The van der Waals surface area contributed by atoms with Crippen LogP contribution in [0.25, 0.3) is 0 Å². The lowest BCUT2D eigenvalue weighted by Gasteiger charge is -2.26. The maximum absolute atomic E-state index is 10.2. The first kappa shape index (κ1) is 13.5. The second kappa shape index (κ2) is 5.85. The summed E-state index contributed by atoms with van der Waals surface area (Å²) in [7, 11) is 2.08. The quantitative estimate of drug-likeness (QED) is 0.911. The maximum atomic E-state index is 10.2. The molecule has 1 aliphatic rings. The Morgan fingerprint density at radius 1 is 1.40 bits per heavy atom. The maximum Gasteiger partial charge on any atom is 0.132 e. The van der Waals surface area contributed by atoms with Crippen molar-refractivity contribution in [2.45, 2.75) is 38.0 Å². The molecule has 1 N–H and O–H groups in total. The van der Waals surface area contributed by atoms with Crippen LogP contribution in [0.4, 0.5) is 0 Å². The van der Waals surface area contributed by atoms with E-state index in [1.807, 2.05) is 12.1 Å². The minimum Gasteiger partial charge on any atom is -0.467 e. The molecule has 3 rings (SSSR count). The second-order valence-electron chi connectivity index (χ2n) is 5.64. The Bertz CT molecular complexity index is 532. The predicted molar refractivity (Wildman–Crippen MR) is 77.1 cm³/mol. The number of rotatable bonds is 5. The van der Waals surface area contributed by atoms with Gasteiger partial charge in [-0.15, -0.1) is 0 Å². The van der Waals surface area contributed by atoms with Crippen LogP contribution in [0.1, 0.15) is 36.8 Å². The van der Waals surface area contributed by atoms with Crippen molar-refractivity contribution < 1.29 is 9.52 Å². The number of hydrogen-bond donors (Lipinski definition) is 1. The van der Waals surface area contributed by atoms with Gasteiger partial charge in [-0.25, -0.2) is 0 Å². The van der Waals surface area contributed by atoms with Crippen molar-refractivity contribution in [3.8, 4) is 0 Å². The van der Waals surface area contributed by atoms with Crippen LogP contribution >= 0.6 is 0 Å². The van der Waals surface area contributed by atoms with Gasteiger partial charge in [0.15, 0.2) is 0 Å². The van der Waals surface area contributed by atoms with E-state index in [2.05, 4.69) is 34.8 Å². The van der Waals surface area contributed by atoms with E-state index in [0.29, 0.717) is 11.8 Å². The van der Waals surface area contributed by atoms with E-state index in [1.165, 1.54) is 12.1 Å². The molecule has 2 aromatic rings. The van der Waals surface area contributed by atoms with Gasteiger partial charge in [0.2, 0.25) is 0 Å². The van der Waals surface area contributed by atoms with E-state index < -0.39 is 6.10 Å². The van der Waals surface area contributed by atoms with Crippen LogP contribution in [0.2, 0.25) is 0 Å². The summed E-state index contributed by atoms with van der Waals surface area (Å²) in [5.74, 6) is 0.677. The van der Waals surface area contributed by atoms with Crippen LogP contribution < -0.4 is 0 Å². The zero-order valence-corrected chi connectivity index (χ0v) is 11.9. The van der Waals surface area contributed by atoms with Crippen molar-refractivity contribution >= 4 is 0 Å². The van der Waals surface area contributed by atoms with E-state index in [4.69, 9.17) is 4.42 Å². The van der Waals surface area contributed by atoms with Gasteiger partial charge in [0.1, 0.15) is 11.9 Å². The first-order chi connectivity index (χ1) is 9.74. The summed E-state index contributed by atoms with van der Waals surface area (Å²) in [5, 5.41) is 10.2. The monoisotopic (exact) mass is 274 g/mol. The van der Waals surface area contributed by atoms with Crippen molar-refractivity contribution in [3.63, 3.8) is 0 Å². The number of nitrogens with zero attached hydrogens (tertiary/aromatic N) is 2. The van der Waals surface area contributed by atoms with Gasteiger partial charge in [-0.1, -0.05) is 0 Å². The van der Waals surface area contributed by atoms with Crippen LogP contribution in [0.5, 0.6) is 0 Å². The molecule has 2 atom stereocenters. The topological polar surface area (TPSA) is 41.5 Å². The Morgan fingerprint density at radius 2 is 2.30 bits per heavy atom. The summed E-state index contributed by atoms with van der Waals surface area (Å²) in [4.78, 5) is 2.47. The lowest BCUT2D eigenvalue weighted by Crippen LogP contribution is -2.31. The summed E-state index contributed by atoms with van der Waals surface area (Å²) in [5.41, 5.74) is 1.32. The van der Waals surface area contributed by atoms with Crippen molar-refractivity contribution in [2.75, 3.05) is 6.54 Å². The van der Waals surface area contributed by atoms with Gasteiger partial charge in [-0.2, -0.15) is 0 Å². The Kier molecular flexibility index (Phi) is 3.94. The number of aryl methyl sites for hydroxylation is 1. The Balaban J connectivity index is 1.62. The average Bonchev–Trinajstić information content (AvgIpc) is 3.14. The molecule has 0 spiro atoms. The van der Waals surface area contributed by atoms with Gasteiger partial charge in [-0.3, -0.25) is 4.90 Å². The summed E-state index contributed by atoms with van der Waals surface area (Å²) in [6.45, 7) is 2.07. The highest BCUT2D eigenvalue weighted by atomic mass is 16.4. The van der Waals surface area contributed by atoms with Crippen molar-refractivity contribution in [1.82, 2.24) is 9.47 Å². The first-order valence-corrected chi connectivity index (χ1v) is 7.30. The third-order valence-corrected chi connectivity index (χ3v) is 4.28. The molecule has 2 unspecified atom stereocenters. The predicted octanol–water partition coefficient (Wildman–Crippen LogP) is 2.71. The number of likely N-dealkylation sites (tertiary alicyclic amines) is 1. The van der Waals surface area contributed by atoms with Crippen LogP contribution in [0, 0.1) is 0 Å². The fourth-order valence-electron chi connectivity index (χ4n) is 3.09. The van der Waals surface area contributed by atoms with Crippen LogP contribution in [-0.4, -0.2) is 27.2 Å². The smallest absolute Gasteiger partial charge is 0.132 e. The van der Waals surface area contributed by atoms with Gasteiger partial charge in [0.05, 0.1) is 6.26 Å². The number of aliphatic hydroxyl groups excluding tert-OH is 1. The highest BCUT2D eigenvalue weighted by Gasteiger charge is 2.28. The fourth-order valence-corrected chi connectivity index (χ4v) is 3.09. The van der Waals surface area contributed by atoms with Gasteiger partial charge in [-0.05, 0) is 50.1 Å². The normalized spacial score (nSPS) is 21.4. The Hall–Kier alpha value is -1.52. The van der Waals surface area contributed by atoms with E-state index in [9.17, 15) is 5.11 Å². The molecule has 0 aromatic carbocycles. The molecule has 3 heterocycles. The molecule has 1 saturated heterocycles. The SMILES string of the molecule is Cn1cccc1CN1CCCC1CC(O)c1ccco1. The second-order valence-corrected chi connectivity index (χ2v) is 5.64. The Morgan fingerprint density at radius 3 is 3.00 bits per heavy atom. The number of aromatic nitrogens is 1. The Labute approximate surface area is 119 Å². The van der Waals surface area contributed by atoms with Crippen LogP contribution in [0.3, 0.4) is 0 Å². The zero-order valence-electron chi connectivity index (χ0n) is 11.9. The molecule has 0 aliphatic carbocycles. The molecule has 20 heavy (non-hydrogen) atoms. The standard InChI is InChI=1S/C16H22N2O2/c1-17-8-2-6-14(17)12-18-9-3-5-13(18)11-15(19)16-7-4-10-20-16/h2,4,6-8,10,13,15,19H,3,5,9,11-12H2,1H3. The van der Waals surface area contributed by atoms with E-state index in [0.717, 1.165) is 25.9 Å². The van der Waals surface area contributed by atoms with Gasteiger partial charge in [0.25, 0.3) is 0 Å². The molecule has 4 nitrogen and oxygen atoms in total. The fraction of sp³-hybridized carbons (Fsp3) is 0.500. The van der Waals surface area contributed by atoms with E-state index >= 15 is 0 Å². The molecule has 1 fully saturated rings. The molecule has 1 aliphatic heterocycles. The molecular formula is C16H22N2O2. The van der Waals surface area contributed by atoms with Crippen molar-refractivity contribution in [3.05, 3.63) is 48.2 Å². The largest absolute Gasteiger partial charge is 0.467 e. The molecule has 0 bridgehead atoms. The van der Waals surface area contributed by atoms with E-state index in [-0.39, 0.29) is 0 Å². The highest BCUT2D eigenvalue weighted by molar-refractivity contribution is 5.07. The molecule has 108 valence electrons. The lowest BCUT2D eigenvalue weighted by molar-refractivity contribution is 0.0988. The molecule has 4 heteroatoms. The van der Waals surface area contributed by atoms with E-state index in [1.54, 1.807) is 6.26 Å². The molecule has 2 aromatic heterocycles. The number of furan rings is 1. The molecule has 0 amide bonds. The van der Waals surface area contributed by atoms with Crippen LogP contribution in [-0.2, 0) is 13.6 Å². The summed E-state index contributed by atoms with van der Waals surface area (Å²) >= 11 is 0. The minimum atomic E-state index is -0.496. The molecule has 0 radical (unpaired) electrons. The summed E-state index contributed by atoms with van der Waals surface area (Å²) < 4.78 is 7.46. The molecular weight excluding hydrogens is 252 g/mol. The number of aliphatic hydroxyl groups is 1. The van der Waals surface area contributed by atoms with Crippen molar-refractivity contribution in [2.24, 2.45) is 7.05 Å². The third-order valence-electron chi connectivity index (χ3n) is 4.28. The third kappa shape index (κ3) is 2.81. The summed E-state index contributed by atoms with van der Waals surface area (Å²) in [6, 6.07) is 8.36. The highest BCUT2D eigenvalue weighted by Crippen LogP contribution is 2.28. The first-order valence-electron chi connectivity index (χ1n) is 7.30.